The lowest BCUT2D eigenvalue weighted by Crippen LogP contribution is -2.36. The van der Waals surface area contributed by atoms with E-state index < -0.39 is 6.86 Å². The van der Waals surface area contributed by atoms with Crippen molar-refractivity contribution in [2.75, 3.05) is 38.1 Å². The summed E-state index contributed by atoms with van der Waals surface area (Å²) < 4.78 is 22.7. The van der Waals surface area contributed by atoms with Crippen LogP contribution in [-0.2, 0) is 4.74 Å². The minimum atomic E-state index is -0.859. The molecule has 1 N–H and O–H groups in total. The van der Waals surface area contributed by atoms with Gasteiger partial charge in [0.1, 0.15) is 5.69 Å². The number of pyridine rings is 1. The fraction of sp³-hybridized carbons (Fsp3) is 0.667. The Balaban J connectivity index is 1.70. The van der Waals surface area contributed by atoms with Crippen LogP contribution < -0.4 is 15.0 Å². The number of rotatable bonds is 9. The number of anilines is 1. The topological polar surface area (TPSA) is 63.7 Å². The van der Waals surface area contributed by atoms with Crippen LogP contribution in [0.25, 0.3) is 0 Å². The van der Waals surface area contributed by atoms with Crippen molar-refractivity contribution in [2.45, 2.75) is 38.6 Å². The summed E-state index contributed by atoms with van der Waals surface area (Å²) in [7, 11) is 0. The van der Waals surface area contributed by atoms with Gasteiger partial charge in [-0.2, -0.15) is 0 Å². The second-order valence-corrected chi connectivity index (χ2v) is 6.82. The lowest BCUT2D eigenvalue weighted by Gasteiger charge is -2.21. The number of nitrogens with one attached hydrogen (secondary N) is 1. The summed E-state index contributed by atoms with van der Waals surface area (Å²) in [6.45, 7) is 3.66. The van der Waals surface area contributed by atoms with Crippen LogP contribution in [0.5, 0.6) is 5.88 Å². The Hall–Kier alpha value is -1.89. The number of nitrogens with zero attached hydrogens (tertiary/aromatic N) is 2. The predicted octanol–water partition coefficient (Wildman–Crippen LogP) is 2.53. The van der Waals surface area contributed by atoms with Gasteiger partial charge in [0.05, 0.1) is 18.9 Å². The summed E-state index contributed by atoms with van der Waals surface area (Å²) in [6, 6.07) is 3.34. The molecule has 6 nitrogen and oxygen atoms in total. The first-order valence-corrected chi connectivity index (χ1v) is 9.00. The maximum atomic E-state index is 12.4. The molecule has 1 aromatic rings. The van der Waals surface area contributed by atoms with Crippen LogP contribution in [0.15, 0.2) is 12.1 Å². The number of alkyl halides is 1. The van der Waals surface area contributed by atoms with Gasteiger partial charge in [0.25, 0.3) is 5.91 Å². The summed E-state index contributed by atoms with van der Waals surface area (Å²) in [5.41, 5.74) is 1.27. The highest BCUT2D eigenvalue weighted by molar-refractivity contribution is 5.93. The molecule has 0 spiro atoms. The van der Waals surface area contributed by atoms with Gasteiger partial charge in [-0.25, -0.2) is 9.37 Å². The molecule has 25 heavy (non-hydrogen) atoms. The molecule has 3 rings (SSSR count). The first-order valence-electron chi connectivity index (χ1n) is 9.00. The third kappa shape index (κ3) is 5.04. The van der Waals surface area contributed by atoms with Crippen LogP contribution in [0, 0.1) is 5.92 Å². The fourth-order valence-electron chi connectivity index (χ4n) is 2.91. The number of amides is 1. The first kappa shape index (κ1) is 17.9. The van der Waals surface area contributed by atoms with E-state index in [2.05, 4.69) is 19.9 Å². The zero-order valence-corrected chi connectivity index (χ0v) is 14.7. The van der Waals surface area contributed by atoms with Crippen LogP contribution >= 0.6 is 0 Å². The highest BCUT2D eigenvalue weighted by atomic mass is 19.1. The highest BCUT2D eigenvalue weighted by Gasteiger charge is 2.25. The summed E-state index contributed by atoms with van der Waals surface area (Å²) in [5.74, 6) is 0.844. The van der Waals surface area contributed by atoms with Crippen molar-refractivity contribution in [3.05, 3.63) is 17.8 Å². The number of halogens is 1. The smallest absolute Gasteiger partial charge is 0.270 e. The van der Waals surface area contributed by atoms with Crippen molar-refractivity contribution in [2.24, 2.45) is 5.92 Å². The van der Waals surface area contributed by atoms with Gasteiger partial charge in [-0.15, -0.1) is 0 Å². The van der Waals surface area contributed by atoms with Crippen molar-refractivity contribution >= 4 is 11.6 Å². The number of hydrogen-bond donors (Lipinski definition) is 1. The largest absolute Gasteiger partial charge is 0.476 e. The Morgan fingerprint density at radius 3 is 2.84 bits per heavy atom. The van der Waals surface area contributed by atoms with Gasteiger partial charge in [0, 0.05) is 19.1 Å². The first-order chi connectivity index (χ1) is 12.2. The zero-order chi connectivity index (χ0) is 17.6. The van der Waals surface area contributed by atoms with Crippen LogP contribution in [-0.4, -0.2) is 50.1 Å². The van der Waals surface area contributed by atoms with Gasteiger partial charge >= 0.3 is 0 Å². The minimum absolute atomic E-state index is 0.124. The van der Waals surface area contributed by atoms with E-state index in [0.29, 0.717) is 24.1 Å². The van der Waals surface area contributed by atoms with E-state index in [1.807, 2.05) is 6.07 Å². The number of carbonyl (C=O) groups is 1. The molecule has 138 valence electrons. The monoisotopic (exact) mass is 351 g/mol. The Bertz CT molecular complexity index is 589. The van der Waals surface area contributed by atoms with Crippen LogP contribution in [0.2, 0.25) is 0 Å². The molecule has 1 unspecified atom stereocenters. The molecule has 0 aromatic carbocycles. The van der Waals surface area contributed by atoms with Crippen molar-refractivity contribution in [1.82, 2.24) is 10.3 Å². The van der Waals surface area contributed by atoms with E-state index in [0.717, 1.165) is 31.6 Å². The maximum absolute atomic E-state index is 12.4. The Kier molecular flexibility index (Phi) is 6.07. The van der Waals surface area contributed by atoms with Crippen LogP contribution in [0.1, 0.15) is 43.1 Å². The van der Waals surface area contributed by atoms with Crippen molar-refractivity contribution in [1.29, 1.82) is 0 Å². The molecular weight excluding hydrogens is 325 g/mol. The molecule has 1 saturated heterocycles. The zero-order valence-electron chi connectivity index (χ0n) is 14.7. The molecule has 2 fully saturated rings. The molecule has 7 heteroatoms. The number of ether oxygens (including phenoxy) is 2. The van der Waals surface area contributed by atoms with Gasteiger partial charge in [0.2, 0.25) is 5.88 Å². The van der Waals surface area contributed by atoms with E-state index in [4.69, 9.17) is 4.74 Å². The SMILES string of the molecule is CC(COCF)NC(=O)c1ccc(N2CCCC2)c(OCC2CC2)n1. The van der Waals surface area contributed by atoms with Crippen molar-refractivity contribution < 1.29 is 18.7 Å². The average Bonchev–Trinajstić information content (AvgIpc) is 3.29. The molecule has 1 saturated carbocycles. The Labute approximate surface area is 147 Å². The van der Waals surface area contributed by atoms with Gasteiger partial charge in [-0.1, -0.05) is 0 Å². The highest BCUT2D eigenvalue weighted by Crippen LogP contribution is 2.33. The van der Waals surface area contributed by atoms with Gasteiger partial charge < -0.3 is 19.7 Å². The number of carbonyl (C=O) groups excluding carboxylic acids is 1. The van der Waals surface area contributed by atoms with E-state index in [1.54, 1.807) is 13.0 Å². The predicted molar refractivity (Wildman–Crippen MR) is 92.8 cm³/mol. The van der Waals surface area contributed by atoms with E-state index >= 15 is 0 Å². The Morgan fingerprint density at radius 1 is 1.40 bits per heavy atom. The third-order valence-electron chi connectivity index (χ3n) is 4.49. The molecule has 1 aliphatic heterocycles. The molecule has 1 aliphatic carbocycles. The molecule has 0 bridgehead atoms. The molecule has 1 amide bonds. The fourth-order valence-corrected chi connectivity index (χ4v) is 2.91. The molecule has 1 atom stereocenters. The lowest BCUT2D eigenvalue weighted by molar-refractivity contribution is 0.0444. The quantitative estimate of drug-likeness (QED) is 0.741. The minimum Gasteiger partial charge on any atom is -0.476 e. The lowest BCUT2D eigenvalue weighted by atomic mass is 10.2. The van der Waals surface area contributed by atoms with Crippen molar-refractivity contribution in [3.63, 3.8) is 0 Å². The molecule has 2 aliphatic rings. The molecular formula is C18H26FN3O3. The molecule has 2 heterocycles. The van der Waals surface area contributed by atoms with Crippen molar-refractivity contribution in [3.8, 4) is 5.88 Å². The Morgan fingerprint density at radius 2 is 2.16 bits per heavy atom. The molecule has 0 radical (unpaired) electrons. The standard InChI is InChI=1S/C18H26FN3O3/c1-13(10-24-12-19)20-17(23)15-6-7-16(22-8-2-3-9-22)18(21-15)25-11-14-4-5-14/h6-7,13-14H,2-5,8-12H2,1H3,(H,20,23). The van der Waals surface area contributed by atoms with E-state index in [-0.39, 0.29) is 18.6 Å². The average molecular weight is 351 g/mol. The second-order valence-electron chi connectivity index (χ2n) is 6.82. The number of hydrogen-bond acceptors (Lipinski definition) is 5. The van der Waals surface area contributed by atoms with Gasteiger partial charge in [-0.05, 0) is 50.7 Å². The van der Waals surface area contributed by atoms with E-state index in [1.165, 1.54) is 12.8 Å². The van der Waals surface area contributed by atoms with Crippen LogP contribution in [0.4, 0.5) is 10.1 Å². The summed E-state index contributed by atoms with van der Waals surface area (Å²) in [4.78, 5) is 19.1. The molecule has 1 aromatic heterocycles. The number of aromatic nitrogens is 1. The summed E-state index contributed by atoms with van der Waals surface area (Å²) >= 11 is 0. The van der Waals surface area contributed by atoms with Crippen LogP contribution in [0.3, 0.4) is 0 Å². The summed E-state index contributed by atoms with van der Waals surface area (Å²) in [6.07, 6.45) is 4.73. The summed E-state index contributed by atoms with van der Waals surface area (Å²) in [5, 5.41) is 2.76. The van der Waals surface area contributed by atoms with Gasteiger partial charge in [-0.3, -0.25) is 4.79 Å². The maximum Gasteiger partial charge on any atom is 0.270 e. The third-order valence-corrected chi connectivity index (χ3v) is 4.49. The van der Waals surface area contributed by atoms with E-state index in [9.17, 15) is 9.18 Å². The normalized spacial score (nSPS) is 18.2. The second kappa shape index (κ2) is 8.47. The van der Waals surface area contributed by atoms with Gasteiger partial charge in [0.15, 0.2) is 6.86 Å².